The first-order chi connectivity index (χ1) is 9.56. The van der Waals surface area contributed by atoms with Crippen molar-refractivity contribution in [3.63, 3.8) is 0 Å². The molecule has 20 heavy (non-hydrogen) atoms. The fourth-order valence-corrected chi connectivity index (χ4v) is 2.16. The molecular formula is C15H12FNO3. The third-order valence-corrected chi connectivity index (χ3v) is 3.32. The van der Waals surface area contributed by atoms with Crippen molar-refractivity contribution in [1.82, 2.24) is 4.57 Å². The summed E-state index contributed by atoms with van der Waals surface area (Å²) in [6.45, 7) is 0. The largest absolute Gasteiger partial charge is 0.419 e. The molecule has 3 aromatic rings. The van der Waals surface area contributed by atoms with Crippen molar-refractivity contribution in [2.24, 2.45) is 7.05 Å². The SMILES string of the molecule is Cn1c(=O)oc2cc(C(O)c3ccc(F)cc3)ccc21. The quantitative estimate of drug-likeness (QED) is 0.779. The molecule has 0 aliphatic carbocycles. The Bertz CT molecular complexity index is 817. The van der Waals surface area contributed by atoms with E-state index in [1.54, 1.807) is 25.2 Å². The van der Waals surface area contributed by atoms with E-state index in [1.807, 2.05) is 0 Å². The summed E-state index contributed by atoms with van der Waals surface area (Å²) < 4.78 is 19.3. The topological polar surface area (TPSA) is 55.4 Å². The number of aliphatic hydroxyl groups excluding tert-OH is 1. The number of aliphatic hydroxyl groups is 1. The van der Waals surface area contributed by atoms with Gasteiger partial charge in [-0.2, -0.15) is 0 Å². The van der Waals surface area contributed by atoms with Gasteiger partial charge in [0, 0.05) is 7.05 Å². The van der Waals surface area contributed by atoms with Crippen LogP contribution in [0.15, 0.2) is 51.7 Å². The third-order valence-electron chi connectivity index (χ3n) is 3.32. The van der Waals surface area contributed by atoms with Crippen LogP contribution in [-0.2, 0) is 7.05 Å². The van der Waals surface area contributed by atoms with Crippen molar-refractivity contribution in [3.05, 3.63) is 70.0 Å². The summed E-state index contributed by atoms with van der Waals surface area (Å²) in [4.78, 5) is 11.4. The van der Waals surface area contributed by atoms with Crippen LogP contribution in [0.3, 0.4) is 0 Å². The van der Waals surface area contributed by atoms with Crippen LogP contribution < -0.4 is 5.76 Å². The molecule has 1 unspecified atom stereocenters. The normalized spacial score (nSPS) is 12.8. The molecule has 0 spiro atoms. The van der Waals surface area contributed by atoms with Gasteiger partial charge in [0.1, 0.15) is 11.9 Å². The van der Waals surface area contributed by atoms with E-state index >= 15 is 0 Å². The fourth-order valence-electron chi connectivity index (χ4n) is 2.16. The van der Waals surface area contributed by atoms with Gasteiger partial charge in [-0.1, -0.05) is 18.2 Å². The zero-order valence-electron chi connectivity index (χ0n) is 10.7. The lowest BCUT2D eigenvalue weighted by atomic mass is 10.0. The Kier molecular flexibility index (Phi) is 2.91. The number of halogens is 1. The number of aromatic nitrogens is 1. The number of oxazole rings is 1. The van der Waals surface area contributed by atoms with Gasteiger partial charge < -0.3 is 9.52 Å². The molecule has 0 amide bonds. The van der Waals surface area contributed by atoms with Gasteiger partial charge in [0.25, 0.3) is 0 Å². The highest BCUT2D eigenvalue weighted by molar-refractivity contribution is 5.74. The number of nitrogens with zero attached hydrogens (tertiary/aromatic N) is 1. The first-order valence-corrected chi connectivity index (χ1v) is 6.09. The Morgan fingerprint density at radius 3 is 2.50 bits per heavy atom. The summed E-state index contributed by atoms with van der Waals surface area (Å²) in [5, 5.41) is 10.3. The fraction of sp³-hybridized carbons (Fsp3) is 0.133. The van der Waals surface area contributed by atoms with Gasteiger partial charge in [-0.05, 0) is 35.4 Å². The molecule has 0 radical (unpaired) electrons. The lowest BCUT2D eigenvalue weighted by molar-refractivity contribution is 0.220. The highest BCUT2D eigenvalue weighted by atomic mass is 19.1. The number of rotatable bonds is 2. The minimum Gasteiger partial charge on any atom is -0.408 e. The van der Waals surface area contributed by atoms with Crippen LogP contribution >= 0.6 is 0 Å². The summed E-state index contributed by atoms with van der Waals surface area (Å²) in [5.41, 5.74) is 2.23. The Morgan fingerprint density at radius 2 is 1.80 bits per heavy atom. The van der Waals surface area contributed by atoms with Crippen LogP contribution in [0.4, 0.5) is 4.39 Å². The number of aryl methyl sites for hydroxylation is 1. The molecule has 0 saturated carbocycles. The minimum atomic E-state index is -0.898. The molecule has 1 N–H and O–H groups in total. The summed E-state index contributed by atoms with van der Waals surface area (Å²) in [6.07, 6.45) is -0.898. The predicted molar refractivity (Wildman–Crippen MR) is 71.9 cm³/mol. The summed E-state index contributed by atoms with van der Waals surface area (Å²) >= 11 is 0. The van der Waals surface area contributed by atoms with Crippen molar-refractivity contribution in [2.75, 3.05) is 0 Å². The Morgan fingerprint density at radius 1 is 1.15 bits per heavy atom. The molecule has 3 rings (SSSR count). The van der Waals surface area contributed by atoms with Gasteiger partial charge in [0.05, 0.1) is 5.52 Å². The van der Waals surface area contributed by atoms with E-state index in [4.69, 9.17) is 4.42 Å². The number of hydrogen-bond acceptors (Lipinski definition) is 3. The molecule has 1 atom stereocenters. The lowest BCUT2D eigenvalue weighted by Crippen LogP contribution is -2.08. The van der Waals surface area contributed by atoms with Gasteiger partial charge in [0.2, 0.25) is 0 Å². The van der Waals surface area contributed by atoms with Crippen LogP contribution in [0.5, 0.6) is 0 Å². The van der Waals surface area contributed by atoms with E-state index in [9.17, 15) is 14.3 Å². The third kappa shape index (κ3) is 2.02. The smallest absolute Gasteiger partial charge is 0.408 e. The number of benzene rings is 2. The first kappa shape index (κ1) is 12.6. The van der Waals surface area contributed by atoms with Gasteiger partial charge in [-0.25, -0.2) is 9.18 Å². The van der Waals surface area contributed by atoms with Crippen LogP contribution in [-0.4, -0.2) is 9.67 Å². The van der Waals surface area contributed by atoms with Crippen LogP contribution in [0.2, 0.25) is 0 Å². The van der Waals surface area contributed by atoms with E-state index in [1.165, 1.54) is 28.8 Å². The average molecular weight is 273 g/mol. The molecule has 1 aromatic heterocycles. The molecule has 4 nitrogen and oxygen atoms in total. The molecule has 1 heterocycles. The van der Waals surface area contributed by atoms with Crippen molar-refractivity contribution in [3.8, 4) is 0 Å². The second kappa shape index (κ2) is 4.61. The summed E-state index contributed by atoms with van der Waals surface area (Å²) in [5.74, 6) is -0.807. The standard InChI is InChI=1S/C15H12FNO3/c1-17-12-7-4-10(8-13(12)20-15(17)19)14(18)9-2-5-11(16)6-3-9/h2-8,14,18H,1H3. The highest BCUT2D eigenvalue weighted by Gasteiger charge is 2.13. The highest BCUT2D eigenvalue weighted by Crippen LogP contribution is 2.25. The average Bonchev–Trinajstić information content (AvgIpc) is 2.74. The van der Waals surface area contributed by atoms with Crippen molar-refractivity contribution in [2.45, 2.75) is 6.10 Å². The van der Waals surface area contributed by atoms with Crippen LogP contribution in [0.25, 0.3) is 11.1 Å². The Hall–Kier alpha value is -2.40. The lowest BCUT2D eigenvalue weighted by Gasteiger charge is -2.11. The molecule has 5 heteroatoms. The molecule has 0 fully saturated rings. The number of hydrogen-bond donors (Lipinski definition) is 1. The van der Waals surface area contributed by atoms with Crippen molar-refractivity contribution < 1.29 is 13.9 Å². The van der Waals surface area contributed by atoms with Crippen molar-refractivity contribution in [1.29, 1.82) is 0 Å². The van der Waals surface area contributed by atoms with Gasteiger partial charge in [-0.15, -0.1) is 0 Å². The molecule has 102 valence electrons. The summed E-state index contributed by atoms with van der Waals surface area (Å²) in [6, 6.07) is 10.7. The predicted octanol–water partition coefficient (Wildman–Crippen LogP) is 2.35. The van der Waals surface area contributed by atoms with E-state index in [0.29, 0.717) is 22.2 Å². The molecule has 0 aliphatic rings. The molecule has 0 saturated heterocycles. The van der Waals surface area contributed by atoms with Crippen molar-refractivity contribution >= 4 is 11.1 Å². The van der Waals surface area contributed by atoms with Gasteiger partial charge in [-0.3, -0.25) is 4.57 Å². The van der Waals surface area contributed by atoms with E-state index in [2.05, 4.69) is 0 Å². The van der Waals surface area contributed by atoms with E-state index < -0.39 is 11.9 Å². The Labute approximate surface area is 113 Å². The van der Waals surface area contributed by atoms with Gasteiger partial charge >= 0.3 is 5.76 Å². The maximum Gasteiger partial charge on any atom is 0.419 e. The van der Waals surface area contributed by atoms with Crippen LogP contribution in [0.1, 0.15) is 17.2 Å². The zero-order valence-corrected chi connectivity index (χ0v) is 10.7. The first-order valence-electron chi connectivity index (χ1n) is 6.09. The zero-order chi connectivity index (χ0) is 14.3. The van der Waals surface area contributed by atoms with E-state index in [-0.39, 0.29) is 5.82 Å². The maximum atomic E-state index is 12.9. The van der Waals surface area contributed by atoms with E-state index in [0.717, 1.165) is 0 Å². The molecule has 2 aromatic carbocycles. The summed E-state index contributed by atoms with van der Waals surface area (Å²) in [7, 11) is 1.62. The second-order valence-electron chi connectivity index (χ2n) is 4.61. The molecule has 0 aliphatic heterocycles. The maximum absolute atomic E-state index is 12.9. The number of fused-ring (bicyclic) bond motifs is 1. The second-order valence-corrected chi connectivity index (χ2v) is 4.61. The van der Waals surface area contributed by atoms with Crippen LogP contribution in [0, 0.1) is 5.82 Å². The Balaban J connectivity index is 2.05. The molecular weight excluding hydrogens is 261 g/mol. The van der Waals surface area contributed by atoms with Gasteiger partial charge in [0.15, 0.2) is 5.58 Å². The monoisotopic (exact) mass is 273 g/mol. The minimum absolute atomic E-state index is 0.356. The molecule has 0 bridgehead atoms.